The Morgan fingerprint density at radius 1 is 1.15 bits per heavy atom. The van der Waals surface area contributed by atoms with E-state index < -0.39 is 0 Å². The molecule has 1 saturated heterocycles. The zero-order chi connectivity index (χ0) is 33.3. The number of unbranched alkanes of at least 4 members (excludes halogenated alkanes) is 1. The molecule has 2 aromatic carbocycles. The van der Waals surface area contributed by atoms with Crippen LogP contribution in [0, 0.1) is 11.8 Å². The molecule has 1 unspecified atom stereocenters. The number of ether oxygens (including phenoxy) is 1. The van der Waals surface area contributed by atoms with Gasteiger partial charge in [-0.05, 0) is 101 Å². The van der Waals surface area contributed by atoms with Crippen molar-refractivity contribution in [3.63, 3.8) is 0 Å². The van der Waals surface area contributed by atoms with E-state index in [1.165, 1.54) is 13.5 Å². The number of aldehydes is 1. The van der Waals surface area contributed by atoms with Crippen LogP contribution < -0.4 is 26.8 Å². The number of nitrogens with zero attached hydrogens (tertiary/aromatic N) is 2. The third-order valence-electron chi connectivity index (χ3n) is 8.29. The summed E-state index contributed by atoms with van der Waals surface area (Å²) in [4.78, 5) is 49.4. The summed E-state index contributed by atoms with van der Waals surface area (Å²) in [6, 6.07) is 10.9. The minimum Gasteiger partial charge on any atom is -0.495 e. The van der Waals surface area contributed by atoms with Gasteiger partial charge in [-0.3, -0.25) is 24.5 Å². The van der Waals surface area contributed by atoms with Crippen molar-refractivity contribution in [2.75, 3.05) is 45.6 Å². The number of piperidine rings is 1. The van der Waals surface area contributed by atoms with Crippen molar-refractivity contribution >= 4 is 30.2 Å². The minimum atomic E-state index is -0.330. The second-order valence-corrected chi connectivity index (χ2v) is 11.6. The third-order valence-corrected chi connectivity index (χ3v) is 8.29. The lowest BCUT2D eigenvalue weighted by atomic mass is 10.0. The van der Waals surface area contributed by atoms with Crippen LogP contribution in [0.5, 0.6) is 5.75 Å². The van der Waals surface area contributed by atoms with Crippen LogP contribution in [0.4, 0.5) is 5.69 Å². The number of carbonyl (C=O) groups excluding carboxylic acids is 4. The summed E-state index contributed by atoms with van der Waals surface area (Å²) in [5.74, 6) is 6.67. The number of likely N-dealkylation sites (tertiary alicyclic amines) is 1. The van der Waals surface area contributed by atoms with Crippen LogP contribution in [0.3, 0.4) is 0 Å². The first kappa shape index (κ1) is 36.2. The maximum absolute atomic E-state index is 12.9. The van der Waals surface area contributed by atoms with Gasteiger partial charge in [-0.2, -0.15) is 0 Å². The topological polar surface area (TPSA) is 160 Å². The van der Waals surface area contributed by atoms with E-state index in [9.17, 15) is 19.2 Å². The zero-order valence-electron chi connectivity index (χ0n) is 27.1. The highest BCUT2D eigenvalue weighted by molar-refractivity contribution is 5.99. The molecule has 0 aliphatic carbocycles. The third kappa shape index (κ3) is 11.3. The Bertz CT molecular complexity index is 1380. The molecule has 46 heavy (non-hydrogen) atoms. The molecule has 11 nitrogen and oxygen atoms in total. The molecule has 1 fully saturated rings. The van der Waals surface area contributed by atoms with Crippen LogP contribution in [-0.2, 0) is 16.1 Å². The van der Waals surface area contributed by atoms with Crippen LogP contribution in [0.15, 0.2) is 36.4 Å². The van der Waals surface area contributed by atoms with E-state index in [4.69, 9.17) is 16.2 Å². The van der Waals surface area contributed by atoms with E-state index in [0.29, 0.717) is 48.0 Å². The molecule has 4 rings (SSSR count). The van der Waals surface area contributed by atoms with Crippen molar-refractivity contribution in [3.05, 3.63) is 58.7 Å². The van der Waals surface area contributed by atoms with Gasteiger partial charge in [0, 0.05) is 54.7 Å². The fourth-order valence-corrected chi connectivity index (χ4v) is 5.46. The summed E-state index contributed by atoms with van der Waals surface area (Å²) in [5, 5.41) is 5.61. The monoisotopic (exact) mass is 632 g/mol. The van der Waals surface area contributed by atoms with Gasteiger partial charge in [0.05, 0.1) is 12.8 Å². The first-order valence-electron chi connectivity index (χ1n) is 16.0. The molecule has 2 aromatic rings. The molecule has 0 aromatic heterocycles. The second kappa shape index (κ2) is 19.3. The van der Waals surface area contributed by atoms with E-state index in [1.54, 1.807) is 23.1 Å². The zero-order valence-corrected chi connectivity index (χ0v) is 27.1. The Kier molecular flexibility index (Phi) is 15.2. The summed E-state index contributed by atoms with van der Waals surface area (Å²) < 4.78 is 4.90. The van der Waals surface area contributed by atoms with Crippen molar-refractivity contribution in [2.24, 2.45) is 5.73 Å². The van der Waals surface area contributed by atoms with Gasteiger partial charge in [0.15, 0.2) is 0 Å². The summed E-state index contributed by atoms with van der Waals surface area (Å²) in [6.07, 6.45) is 7.20. The molecule has 6 N–H and O–H groups in total. The van der Waals surface area contributed by atoms with Gasteiger partial charge in [-0.15, -0.1) is 0 Å². The van der Waals surface area contributed by atoms with E-state index in [2.05, 4.69) is 27.4 Å². The largest absolute Gasteiger partial charge is 0.495 e. The van der Waals surface area contributed by atoms with Crippen molar-refractivity contribution in [2.45, 2.75) is 70.5 Å². The van der Waals surface area contributed by atoms with Gasteiger partial charge < -0.3 is 31.3 Å². The molecule has 0 radical (unpaired) electrons. The predicted octanol–water partition coefficient (Wildman–Crippen LogP) is 2.71. The average Bonchev–Trinajstić information content (AvgIpc) is 3.41. The summed E-state index contributed by atoms with van der Waals surface area (Å²) in [6.45, 7) is 7.71. The number of imide groups is 1. The van der Waals surface area contributed by atoms with Crippen molar-refractivity contribution in [3.8, 4) is 17.6 Å². The molecule has 1 atom stereocenters. The van der Waals surface area contributed by atoms with Crippen LogP contribution in [0.25, 0.3) is 0 Å². The Balaban J connectivity index is 0.000000441. The molecule has 2 heterocycles. The molecule has 0 saturated carbocycles. The van der Waals surface area contributed by atoms with Crippen molar-refractivity contribution in [1.29, 1.82) is 0 Å². The SMILES string of the molecule is CC(CCC(=O)NC=O)N1Cc2c(C#CCCNCCCCN3CCC(N)CC3)cccc2C1=O.COc1cc(C=O)ccc1N. The quantitative estimate of drug-likeness (QED) is 0.106. The second-order valence-electron chi connectivity index (χ2n) is 11.6. The molecule has 3 amide bonds. The van der Waals surface area contributed by atoms with Gasteiger partial charge in [-0.1, -0.05) is 17.9 Å². The highest BCUT2D eigenvalue weighted by Gasteiger charge is 2.32. The molecule has 11 heteroatoms. The van der Waals surface area contributed by atoms with Crippen LogP contribution in [0.1, 0.15) is 83.7 Å². The van der Waals surface area contributed by atoms with Crippen molar-refractivity contribution < 1.29 is 23.9 Å². The van der Waals surface area contributed by atoms with Crippen LogP contribution in [-0.4, -0.2) is 86.2 Å². The lowest BCUT2D eigenvalue weighted by Gasteiger charge is -2.29. The molecule has 0 spiro atoms. The normalized spacial score (nSPS) is 15.1. The maximum Gasteiger partial charge on any atom is 0.254 e. The van der Waals surface area contributed by atoms with E-state index in [0.717, 1.165) is 75.8 Å². The molecule has 2 aliphatic heterocycles. The number of hydrogen-bond acceptors (Lipinski definition) is 9. The number of nitrogens with one attached hydrogen (secondary N) is 2. The summed E-state index contributed by atoms with van der Waals surface area (Å²) in [7, 11) is 1.51. The Morgan fingerprint density at radius 2 is 1.93 bits per heavy atom. The fourth-order valence-electron chi connectivity index (χ4n) is 5.46. The Morgan fingerprint density at radius 3 is 2.65 bits per heavy atom. The lowest BCUT2D eigenvalue weighted by Crippen LogP contribution is -2.40. The standard InChI is InChI=1S/C27H39N5O3.C8H9NO2/c1-21(10-11-26(34)30-20-33)32-19-25-22(8-6-9-24(25)27(32)35)7-2-3-14-29-15-4-5-16-31-17-12-23(28)13-18-31;1-11-8-4-6(5-10)2-3-7(8)9/h6,8-9,20-21,23,29H,3-5,10-19,28H2,1H3,(H,30,33,34);2-5H,9H2,1H3. The highest BCUT2D eigenvalue weighted by atomic mass is 16.5. The number of hydrogen-bond donors (Lipinski definition) is 4. The summed E-state index contributed by atoms with van der Waals surface area (Å²) >= 11 is 0. The van der Waals surface area contributed by atoms with Gasteiger partial charge in [-0.25, -0.2) is 0 Å². The van der Waals surface area contributed by atoms with E-state index >= 15 is 0 Å². The van der Waals surface area contributed by atoms with Gasteiger partial charge >= 0.3 is 0 Å². The minimum absolute atomic E-state index is 0.0268. The average molecular weight is 633 g/mol. The first-order chi connectivity index (χ1) is 22.3. The van der Waals surface area contributed by atoms with Gasteiger partial charge in [0.1, 0.15) is 12.0 Å². The molecular weight excluding hydrogens is 584 g/mol. The Labute approximate surface area is 272 Å². The molecule has 2 aliphatic rings. The lowest BCUT2D eigenvalue weighted by molar-refractivity contribution is -0.125. The van der Waals surface area contributed by atoms with E-state index in [1.807, 2.05) is 25.1 Å². The number of fused-ring (bicyclic) bond motifs is 1. The number of rotatable bonds is 14. The number of benzene rings is 2. The molecular formula is C35H48N6O5. The highest BCUT2D eigenvalue weighted by Crippen LogP contribution is 2.28. The summed E-state index contributed by atoms with van der Waals surface area (Å²) in [5.41, 5.74) is 15.1. The molecule has 0 bridgehead atoms. The number of nitrogens with two attached hydrogens (primary N) is 2. The predicted molar refractivity (Wildman–Crippen MR) is 179 cm³/mol. The van der Waals surface area contributed by atoms with Crippen molar-refractivity contribution in [1.82, 2.24) is 20.4 Å². The van der Waals surface area contributed by atoms with Crippen LogP contribution in [0.2, 0.25) is 0 Å². The number of amides is 3. The smallest absolute Gasteiger partial charge is 0.254 e. The van der Waals surface area contributed by atoms with Gasteiger partial charge in [0.2, 0.25) is 12.3 Å². The first-order valence-corrected chi connectivity index (χ1v) is 16.0. The number of nitrogen functional groups attached to an aromatic ring is 1. The Hall–Kier alpha value is -4.24. The van der Waals surface area contributed by atoms with Crippen LogP contribution >= 0.6 is 0 Å². The van der Waals surface area contributed by atoms with E-state index in [-0.39, 0.29) is 24.3 Å². The number of anilines is 1. The van der Waals surface area contributed by atoms with Gasteiger partial charge in [0.25, 0.3) is 5.91 Å². The number of carbonyl (C=O) groups is 4. The fraction of sp³-hybridized carbons (Fsp3) is 0.486. The molecule has 248 valence electrons. The maximum atomic E-state index is 12.9. The number of methoxy groups -OCH3 is 1.